The van der Waals surface area contributed by atoms with Crippen molar-refractivity contribution in [2.24, 2.45) is 0 Å². The number of carbonyl (C=O) groups is 3. The van der Waals surface area contributed by atoms with Crippen molar-refractivity contribution in [2.75, 3.05) is 13.1 Å². The number of amides is 2. The Labute approximate surface area is 253 Å². The normalized spacial score (nSPS) is 19.9. The Morgan fingerprint density at radius 2 is 1.74 bits per heavy atom. The van der Waals surface area contributed by atoms with Gasteiger partial charge in [0.25, 0.3) is 11.8 Å². The van der Waals surface area contributed by atoms with Crippen LogP contribution in [-0.4, -0.2) is 65.4 Å². The largest absolute Gasteiger partial charge is 0.457 e. The van der Waals surface area contributed by atoms with Crippen LogP contribution in [0.5, 0.6) is 11.5 Å². The number of likely N-dealkylation sites (tertiary alicyclic amines) is 1. The Balaban J connectivity index is 1.23. The predicted octanol–water partition coefficient (Wildman–Crippen LogP) is 3.82. The van der Waals surface area contributed by atoms with E-state index in [0.717, 1.165) is 0 Å². The standard InChI is InChI=1S/C31H28N4O6S2/c1-31(27-10-6-18-42-27,33-29(37)21-11-13-23(14-12-21)41-22-7-3-2-4-8-22)30(38)34-17-15-25-28(34)26(36)20-35(25)43(39,40)24-9-5-16-32-19-24/h2-14,16,18-19,25,28H,15,17,20H2,1H3,(H,33,37). The SMILES string of the molecule is CC(NC(=O)c1ccc(Oc2ccccc2)cc1)(C(=O)N1CCC2C1C(=O)CN2S(=O)(=O)c1cccnc1)c1cccs1. The summed E-state index contributed by atoms with van der Waals surface area (Å²) in [7, 11) is -4.00. The molecule has 2 aromatic carbocycles. The van der Waals surface area contributed by atoms with E-state index in [0.29, 0.717) is 28.4 Å². The quantitative estimate of drug-likeness (QED) is 0.319. The third kappa shape index (κ3) is 5.33. The second kappa shape index (κ2) is 11.4. The minimum atomic E-state index is -4.00. The maximum Gasteiger partial charge on any atom is 0.254 e. The van der Waals surface area contributed by atoms with Crippen LogP contribution in [0.4, 0.5) is 0 Å². The first-order chi connectivity index (χ1) is 20.7. The Morgan fingerprint density at radius 1 is 1.00 bits per heavy atom. The van der Waals surface area contributed by atoms with Crippen molar-refractivity contribution in [2.45, 2.75) is 35.9 Å². The van der Waals surface area contributed by atoms with Crippen LogP contribution in [0.15, 0.2) is 102 Å². The number of pyridine rings is 1. The summed E-state index contributed by atoms with van der Waals surface area (Å²) < 4.78 is 33.7. The number of ketones is 1. The van der Waals surface area contributed by atoms with Crippen LogP contribution in [0.25, 0.3) is 0 Å². The molecule has 0 bridgehead atoms. The van der Waals surface area contributed by atoms with Crippen LogP contribution in [0.2, 0.25) is 0 Å². The first-order valence-corrected chi connectivity index (χ1v) is 16.0. The molecule has 2 saturated heterocycles. The Bertz CT molecular complexity index is 1750. The van der Waals surface area contributed by atoms with Crippen LogP contribution >= 0.6 is 11.3 Å². The number of fused-ring (bicyclic) bond motifs is 1. The van der Waals surface area contributed by atoms with Crippen LogP contribution in [0.3, 0.4) is 0 Å². The molecule has 12 heteroatoms. The van der Waals surface area contributed by atoms with Crippen molar-refractivity contribution >= 4 is 39.0 Å². The van der Waals surface area contributed by atoms with E-state index in [1.165, 1.54) is 45.1 Å². The first kappa shape index (κ1) is 28.7. The number of ether oxygens (including phenoxy) is 1. The predicted molar refractivity (Wildman–Crippen MR) is 159 cm³/mol. The highest BCUT2D eigenvalue weighted by Crippen LogP contribution is 2.37. The van der Waals surface area contributed by atoms with E-state index in [-0.39, 0.29) is 23.8 Å². The topological polar surface area (TPSA) is 126 Å². The van der Waals surface area contributed by atoms with Crippen molar-refractivity contribution in [1.82, 2.24) is 19.5 Å². The lowest BCUT2D eigenvalue weighted by Crippen LogP contribution is -2.57. The van der Waals surface area contributed by atoms with E-state index in [9.17, 15) is 22.8 Å². The van der Waals surface area contributed by atoms with Gasteiger partial charge in [-0.2, -0.15) is 4.31 Å². The van der Waals surface area contributed by atoms with Crippen molar-refractivity contribution < 1.29 is 27.5 Å². The summed E-state index contributed by atoms with van der Waals surface area (Å²) in [6, 6.07) is 20.6. The van der Waals surface area contributed by atoms with Crippen molar-refractivity contribution in [1.29, 1.82) is 0 Å². The maximum absolute atomic E-state index is 14.3. The number of sulfonamides is 1. The van der Waals surface area contributed by atoms with Crippen molar-refractivity contribution in [3.63, 3.8) is 0 Å². The van der Waals surface area contributed by atoms with Crippen LogP contribution in [0, 0.1) is 0 Å². The van der Waals surface area contributed by atoms with Gasteiger partial charge in [0.2, 0.25) is 10.0 Å². The van der Waals surface area contributed by atoms with Crippen molar-refractivity contribution in [3.05, 3.63) is 107 Å². The van der Waals surface area contributed by atoms with Gasteiger partial charge in [-0.3, -0.25) is 19.4 Å². The molecule has 2 amide bonds. The van der Waals surface area contributed by atoms with Gasteiger partial charge in [-0.1, -0.05) is 24.3 Å². The monoisotopic (exact) mass is 616 g/mol. The smallest absolute Gasteiger partial charge is 0.254 e. The van der Waals surface area contributed by atoms with E-state index in [1.807, 2.05) is 30.3 Å². The fourth-order valence-electron chi connectivity index (χ4n) is 5.63. The molecule has 6 rings (SSSR count). The molecule has 4 heterocycles. The minimum Gasteiger partial charge on any atom is -0.457 e. The molecule has 3 unspecified atom stereocenters. The number of rotatable bonds is 8. The summed E-state index contributed by atoms with van der Waals surface area (Å²) in [5.74, 6) is -0.114. The average molecular weight is 617 g/mol. The molecule has 0 radical (unpaired) electrons. The van der Waals surface area contributed by atoms with E-state index < -0.39 is 39.5 Å². The van der Waals surface area contributed by atoms with E-state index in [4.69, 9.17) is 4.74 Å². The van der Waals surface area contributed by atoms with Gasteiger partial charge in [-0.05, 0) is 73.3 Å². The Hall–Kier alpha value is -4.39. The van der Waals surface area contributed by atoms with Crippen LogP contribution < -0.4 is 10.1 Å². The van der Waals surface area contributed by atoms with Crippen molar-refractivity contribution in [3.8, 4) is 11.5 Å². The van der Waals surface area contributed by atoms with Gasteiger partial charge in [0.05, 0.1) is 12.6 Å². The highest BCUT2D eigenvalue weighted by atomic mass is 32.2. The summed E-state index contributed by atoms with van der Waals surface area (Å²) in [6.07, 6.45) is 3.01. The molecule has 1 N–H and O–H groups in total. The number of hydrogen-bond donors (Lipinski definition) is 1. The molecule has 2 aromatic heterocycles. The number of hydrogen-bond acceptors (Lipinski definition) is 8. The molecule has 2 aliphatic rings. The number of nitrogens with zero attached hydrogens (tertiary/aromatic N) is 3. The molecule has 43 heavy (non-hydrogen) atoms. The van der Waals surface area contributed by atoms with Gasteiger partial charge < -0.3 is 15.0 Å². The zero-order valence-corrected chi connectivity index (χ0v) is 24.8. The Morgan fingerprint density at radius 3 is 2.42 bits per heavy atom. The lowest BCUT2D eigenvalue weighted by Gasteiger charge is -2.35. The van der Waals surface area contributed by atoms with Crippen LogP contribution in [-0.2, 0) is 25.2 Å². The summed E-state index contributed by atoms with van der Waals surface area (Å²) in [6.45, 7) is 1.44. The minimum absolute atomic E-state index is 0.0101. The number of aromatic nitrogens is 1. The number of nitrogens with one attached hydrogen (secondary N) is 1. The van der Waals surface area contributed by atoms with Gasteiger partial charge in [0, 0.05) is 29.4 Å². The van der Waals surface area contributed by atoms with Crippen LogP contribution in [0.1, 0.15) is 28.6 Å². The number of Topliss-reactive ketones (excluding diaryl/α,β-unsaturated/α-hetero) is 1. The second-order valence-corrected chi connectivity index (χ2v) is 13.3. The zero-order chi connectivity index (χ0) is 30.2. The highest BCUT2D eigenvalue weighted by molar-refractivity contribution is 7.89. The fourth-order valence-corrected chi connectivity index (χ4v) is 8.05. The summed E-state index contributed by atoms with van der Waals surface area (Å²) in [5, 5.41) is 4.71. The third-order valence-corrected chi connectivity index (χ3v) is 10.7. The van der Waals surface area contributed by atoms with Gasteiger partial charge in [0.1, 0.15) is 22.4 Å². The molecule has 2 aliphatic heterocycles. The molecule has 220 valence electrons. The molecule has 0 spiro atoms. The summed E-state index contributed by atoms with van der Waals surface area (Å²) in [4.78, 5) is 46.9. The average Bonchev–Trinajstić information content (AvgIpc) is 3.78. The lowest BCUT2D eigenvalue weighted by molar-refractivity contribution is -0.141. The Kier molecular flexibility index (Phi) is 7.59. The lowest BCUT2D eigenvalue weighted by atomic mass is 9.96. The van der Waals surface area contributed by atoms with E-state index >= 15 is 0 Å². The number of benzene rings is 2. The third-order valence-electron chi connectivity index (χ3n) is 7.78. The zero-order valence-electron chi connectivity index (χ0n) is 23.1. The molecule has 0 saturated carbocycles. The number of para-hydroxylation sites is 1. The molecule has 2 fully saturated rings. The van der Waals surface area contributed by atoms with Gasteiger partial charge in [0.15, 0.2) is 11.3 Å². The molecular formula is C31H28N4O6S2. The maximum atomic E-state index is 14.3. The van der Waals surface area contributed by atoms with E-state index in [2.05, 4.69) is 10.3 Å². The molecule has 4 aromatic rings. The molecule has 3 atom stereocenters. The summed E-state index contributed by atoms with van der Waals surface area (Å²) >= 11 is 1.31. The van der Waals surface area contributed by atoms with E-state index in [1.54, 1.807) is 48.7 Å². The number of thiophene rings is 1. The van der Waals surface area contributed by atoms with Gasteiger partial charge >= 0.3 is 0 Å². The van der Waals surface area contributed by atoms with Gasteiger partial charge in [-0.25, -0.2) is 8.42 Å². The molecule has 10 nitrogen and oxygen atoms in total. The second-order valence-electron chi connectivity index (χ2n) is 10.5. The summed E-state index contributed by atoms with van der Waals surface area (Å²) in [5.41, 5.74) is -1.18. The molecule has 0 aliphatic carbocycles. The first-order valence-electron chi connectivity index (χ1n) is 13.6. The van der Waals surface area contributed by atoms with Gasteiger partial charge in [-0.15, -0.1) is 11.3 Å². The fraction of sp³-hybridized carbons (Fsp3) is 0.226. The number of carbonyl (C=O) groups excluding carboxylic acids is 3. The molecular weight excluding hydrogens is 588 g/mol. The highest BCUT2D eigenvalue weighted by Gasteiger charge is 2.56.